The summed E-state index contributed by atoms with van der Waals surface area (Å²) in [5.74, 6) is 0.0878. The molecule has 0 aromatic rings. The molecule has 6 heteroatoms. The van der Waals surface area contributed by atoms with Crippen molar-refractivity contribution in [3.8, 4) is 0 Å². The molecular formula is C13H28N2O3S. The van der Waals surface area contributed by atoms with E-state index in [1.54, 1.807) is 11.4 Å². The van der Waals surface area contributed by atoms with Gasteiger partial charge in [0.15, 0.2) is 0 Å². The van der Waals surface area contributed by atoms with Crippen molar-refractivity contribution in [3.05, 3.63) is 0 Å². The Morgan fingerprint density at radius 1 is 1.21 bits per heavy atom. The summed E-state index contributed by atoms with van der Waals surface area (Å²) in [5.41, 5.74) is 0. The summed E-state index contributed by atoms with van der Waals surface area (Å²) in [6.45, 7) is 5.81. The number of hydrogen-bond donors (Lipinski definition) is 1. The lowest BCUT2D eigenvalue weighted by Gasteiger charge is -2.34. The highest BCUT2D eigenvalue weighted by molar-refractivity contribution is 7.89. The summed E-state index contributed by atoms with van der Waals surface area (Å²) in [5, 5.41) is 3.44. The van der Waals surface area contributed by atoms with Crippen molar-refractivity contribution >= 4 is 10.0 Å². The molecule has 1 N–H and O–H groups in total. The molecule has 1 fully saturated rings. The third-order valence-electron chi connectivity index (χ3n) is 3.83. The minimum Gasteiger partial charge on any atom is -0.381 e. The van der Waals surface area contributed by atoms with Gasteiger partial charge in [-0.25, -0.2) is 12.7 Å². The minimum atomic E-state index is -3.17. The molecule has 0 bridgehead atoms. The summed E-state index contributed by atoms with van der Waals surface area (Å²) in [6.07, 6.45) is 4.01. The van der Waals surface area contributed by atoms with Gasteiger partial charge in [0.25, 0.3) is 0 Å². The van der Waals surface area contributed by atoms with Crippen LogP contribution < -0.4 is 5.32 Å². The lowest BCUT2D eigenvalue weighted by Crippen LogP contribution is -2.44. The highest BCUT2D eigenvalue weighted by atomic mass is 32.2. The second kappa shape index (κ2) is 8.19. The first-order chi connectivity index (χ1) is 9.01. The second-order valence-corrected chi connectivity index (χ2v) is 7.24. The fourth-order valence-corrected chi connectivity index (χ4v) is 3.89. The number of nitrogens with zero attached hydrogens (tertiary/aromatic N) is 1. The van der Waals surface area contributed by atoms with Crippen LogP contribution in [0.1, 0.15) is 39.5 Å². The smallest absolute Gasteiger partial charge is 0.216 e. The van der Waals surface area contributed by atoms with Gasteiger partial charge in [-0.2, -0.15) is 0 Å². The van der Waals surface area contributed by atoms with E-state index in [4.69, 9.17) is 4.74 Å². The monoisotopic (exact) mass is 292 g/mol. The van der Waals surface area contributed by atoms with Gasteiger partial charge in [0.05, 0.1) is 12.4 Å². The maximum absolute atomic E-state index is 12.1. The molecule has 1 rings (SSSR count). The molecular weight excluding hydrogens is 264 g/mol. The van der Waals surface area contributed by atoms with Gasteiger partial charge in [-0.3, -0.25) is 0 Å². The van der Waals surface area contributed by atoms with Gasteiger partial charge in [-0.15, -0.1) is 0 Å². The van der Waals surface area contributed by atoms with Crippen LogP contribution in [-0.2, 0) is 14.8 Å². The van der Waals surface area contributed by atoms with Crippen LogP contribution in [0.15, 0.2) is 0 Å². The molecule has 1 aliphatic rings. The van der Waals surface area contributed by atoms with E-state index in [9.17, 15) is 8.42 Å². The lowest BCUT2D eigenvalue weighted by molar-refractivity contribution is 0.161. The van der Waals surface area contributed by atoms with Gasteiger partial charge in [0.1, 0.15) is 0 Å². The van der Waals surface area contributed by atoms with E-state index in [2.05, 4.69) is 12.2 Å². The van der Waals surface area contributed by atoms with Crippen LogP contribution >= 0.6 is 0 Å². The lowest BCUT2D eigenvalue weighted by atomic mass is 9.91. The number of nitrogens with one attached hydrogen (secondary N) is 1. The van der Waals surface area contributed by atoms with Crippen molar-refractivity contribution in [2.24, 2.45) is 0 Å². The zero-order valence-corrected chi connectivity index (χ0v) is 13.2. The highest BCUT2D eigenvalue weighted by Gasteiger charge is 2.29. The Hall–Kier alpha value is -0.170. The van der Waals surface area contributed by atoms with Gasteiger partial charge in [0.2, 0.25) is 10.0 Å². The Morgan fingerprint density at radius 2 is 1.84 bits per heavy atom. The van der Waals surface area contributed by atoms with Crippen molar-refractivity contribution in [3.63, 3.8) is 0 Å². The summed E-state index contributed by atoms with van der Waals surface area (Å²) in [4.78, 5) is 0. The number of ether oxygens (including phenoxy) is 1. The number of sulfonamides is 1. The summed E-state index contributed by atoms with van der Waals surface area (Å²) < 4.78 is 31.0. The normalized spacial score (nSPS) is 24.8. The van der Waals surface area contributed by atoms with Crippen molar-refractivity contribution in [1.29, 1.82) is 0 Å². The molecule has 0 heterocycles. The van der Waals surface area contributed by atoms with Crippen LogP contribution in [0.4, 0.5) is 0 Å². The van der Waals surface area contributed by atoms with Crippen molar-refractivity contribution < 1.29 is 13.2 Å². The van der Waals surface area contributed by atoms with E-state index in [0.29, 0.717) is 12.6 Å². The van der Waals surface area contributed by atoms with E-state index < -0.39 is 10.0 Å². The van der Waals surface area contributed by atoms with Crippen LogP contribution in [-0.4, -0.2) is 57.4 Å². The molecule has 19 heavy (non-hydrogen) atoms. The zero-order chi connectivity index (χ0) is 14.3. The van der Waals surface area contributed by atoms with Crippen molar-refractivity contribution in [1.82, 2.24) is 9.62 Å². The maximum atomic E-state index is 12.1. The second-order valence-electron chi connectivity index (χ2n) is 5.09. The van der Waals surface area contributed by atoms with Crippen LogP contribution in [0.3, 0.4) is 0 Å². The first-order valence-corrected chi connectivity index (χ1v) is 8.89. The number of rotatable bonds is 8. The van der Waals surface area contributed by atoms with Crippen LogP contribution in [0, 0.1) is 0 Å². The predicted molar refractivity (Wildman–Crippen MR) is 77.8 cm³/mol. The minimum absolute atomic E-state index is 0.0878. The van der Waals surface area contributed by atoms with E-state index in [-0.39, 0.29) is 18.4 Å². The molecule has 0 spiro atoms. The molecule has 0 aromatic heterocycles. The zero-order valence-electron chi connectivity index (χ0n) is 12.4. The van der Waals surface area contributed by atoms with Gasteiger partial charge in [-0.1, -0.05) is 6.92 Å². The summed E-state index contributed by atoms with van der Waals surface area (Å²) in [6, 6.07) is 0.710. The Morgan fingerprint density at radius 3 is 2.37 bits per heavy atom. The topological polar surface area (TPSA) is 58.6 Å². The van der Waals surface area contributed by atoms with Gasteiger partial charge in [-0.05, 0) is 39.2 Å². The largest absolute Gasteiger partial charge is 0.381 e. The quantitative estimate of drug-likeness (QED) is 0.683. The Balaban J connectivity index is 2.43. The molecule has 0 radical (unpaired) electrons. The molecule has 0 unspecified atom stereocenters. The van der Waals surface area contributed by atoms with E-state index in [1.165, 1.54) is 0 Å². The first kappa shape index (κ1) is 16.9. The molecule has 0 aromatic carbocycles. The van der Waals surface area contributed by atoms with Gasteiger partial charge < -0.3 is 10.1 Å². The van der Waals surface area contributed by atoms with E-state index in [1.807, 2.05) is 6.92 Å². The van der Waals surface area contributed by atoms with Crippen molar-refractivity contribution in [2.75, 3.05) is 32.6 Å². The SMILES string of the molecule is CCNC1CCC(N(C)S(=O)(=O)CCOCC)CC1. The molecule has 1 saturated carbocycles. The Labute approximate surface area is 117 Å². The summed E-state index contributed by atoms with van der Waals surface area (Å²) in [7, 11) is -1.47. The summed E-state index contributed by atoms with van der Waals surface area (Å²) >= 11 is 0. The molecule has 0 atom stereocenters. The predicted octanol–water partition coefficient (Wildman–Crippen LogP) is 1.21. The average molecular weight is 292 g/mol. The van der Waals surface area contributed by atoms with Crippen LogP contribution in [0.5, 0.6) is 0 Å². The Kier molecular flexibility index (Phi) is 7.28. The molecule has 114 valence electrons. The van der Waals surface area contributed by atoms with E-state index in [0.717, 1.165) is 32.2 Å². The maximum Gasteiger partial charge on any atom is 0.216 e. The standard InChI is InChI=1S/C13H28N2O3S/c1-4-14-12-6-8-13(9-7-12)15(3)19(16,17)11-10-18-5-2/h12-14H,4-11H2,1-3H3. The van der Waals surface area contributed by atoms with Crippen LogP contribution in [0.25, 0.3) is 0 Å². The fourth-order valence-electron chi connectivity index (χ4n) is 2.61. The molecule has 0 aliphatic heterocycles. The third kappa shape index (κ3) is 5.38. The fraction of sp³-hybridized carbons (Fsp3) is 1.00. The highest BCUT2D eigenvalue weighted by Crippen LogP contribution is 2.24. The van der Waals surface area contributed by atoms with Crippen LogP contribution in [0.2, 0.25) is 0 Å². The first-order valence-electron chi connectivity index (χ1n) is 7.28. The van der Waals surface area contributed by atoms with Gasteiger partial charge >= 0.3 is 0 Å². The molecule has 5 nitrogen and oxygen atoms in total. The third-order valence-corrected chi connectivity index (χ3v) is 5.69. The molecule has 0 amide bonds. The molecule has 1 aliphatic carbocycles. The molecule has 0 saturated heterocycles. The van der Waals surface area contributed by atoms with E-state index >= 15 is 0 Å². The van der Waals surface area contributed by atoms with Gasteiger partial charge in [0, 0.05) is 25.7 Å². The number of hydrogen-bond acceptors (Lipinski definition) is 4. The average Bonchev–Trinajstić information content (AvgIpc) is 2.39. The Bertz CT molecular complexity index is 338. The van der Waals surface area contributed by atoms with Crippen molar-refractivity contribution in [2.45, 2.75) is 51.6 Å².